The highest BCUT2D eigenvalue weighted by Crippen LogP contribution is 2.28. The van der Waals surface area contributed by atoms with Gasteiger partial charge in [-0.2, -0.15) is 0 Å². The van der Waals surface area contributed by atoms with Crippen molar-refractivity contribution in [3.63, 3.8) is 0 Å². The fourth-order valence-electron chi connectivity index (χ4n) is 3.03. The summed E-state index contributed by atoms with van der Waals surface area (Å²) in [5, 5.41) is 6.37. The van der Waals surface area contributed by atoms with Crippen molar-refractivity contribution < 1.29 is 9.53 Å². The molecule has 0 spiro atoms. The maximum atomic E-state index is 11.3. The Morgan fingerprint density at radius 2 is 2.33 bits per heavy atom. The highest BCUT2D eigenvalue weighted by Gasteiger charge is 2.18. The smallest absolute Gasteiger partial charge is 0.262 e. The van der Waals surface area contributed by atoms with E-state index in [2.05, 4.69) is 22.6 Å². The standard InChI is InChI=1S/C16H23N3O2/c1-19-7-3-2-4-13(19)10-17-9-12-5-6-15-14(8-12)18-16(20)11-21-15/h5-6,8,13,17H,2-4,7,9-11H2,1H3,(H,18,20). The van der Waals surface area contributed by atoms with Gasteiger partial charge in [-0.25, -0.2) is 0 Å². The van der Waals surface area contributed by atoms with E-state index in [1.54, 1.807) is 0 Å². The van der Waals surface area contributed by atoms with Gasteiger partial charge in [0.05, 0.1) is 5.69 Å². The predicted molar refractivity (Wildman–Crippen MR) is 82.5 cm³/mol. The number of ether oxygens (including phenoxy) is 1. The number of benzene rings is 1. The van der Waals surface area contributed by atoms with E-state index >= 15 is 0 Å². The number of rotatable bonds is 4. The Morgan fingerprint density at radius 1 is 1.43 bits per heavy atom. The third-order valence-electron chi connectivity index (χ3n) is 4.31. The third kappa shape index (κ3) is 3.54. The molecule has 2 N–H and O–H groups in total. The number of hydrogen-bond acceptors (Lipinski definition) is 4. The molecule has 1 aromatic rings. The fourth-order valence-corrected chi connectivity index (χ4v) is 3.03. The van der Waals surface area contributed by atoms with Crippen molar-refractivity contribution in [3.8, 4) is 5.75 Å². The van der Waals surface area contributed by atoms with Crippen molar-refractivity contribution in [2.75, 3.05) is 32.1 Å². The van der Waals surface area contributed by atoms with Crippen LogP contribution in [0.2, 0.25) is 0 Å². The zero-order valence-corrected chi connectivity index (χ0v) is 12.5. The summed E-state index contributed by atoms with van der Waals surface area (Å²) in [6.45, 7) is 3.14. The first-order chi connectivity index (χ1) is 10.2. The number of amides is 1. The quantitative estimate of drug-likeness (QED) is 0.884. The van der Waals surface area contributed by atoms with Crippen LogP contribution in [-0.2, 0) is 11.3 Å². The summed E-state index contributed by atoms with van der Waals surface area (Å²) >= 11 is 0. The van der Waals surface area contributed by atoms with Crippen LogP contribution in [0, 0.1) is 0 Å². The number of hydrogen-bond donors (Lipinski definition) is 2. The zero-order valence-electron chi connectivity index (χ0n) is 12.5. The van der Waals surface area contributed by atoms with E-state index in [0.29, 0.717) is 6.04 Å². The molecular weight excluding hydrogens is 266 g/mol. The lowest BCUT2D eigenvalue weighted by Crippen LogP contribution is -2.42. The molecule has 3 rings (SSSR count). The first-order valence-corrected chi connectivity index (χ1v) is 7.69. The summed E-state index contributed by atoms with van der Waals surface area (Å²) in [4.78, 5) is 13.8. The Morgan fingerprint density at radius 3 is 3.19 bits per heavy atom. The summed E-state index contributed by atoms with van der Waals surface area (Å²) in [6.07, 6.45) is 3.92. The summed E-state index contributed by atoms with van der Waals surface area (Å²) < 4.78 is 5.37. The fraction of sp³-hybridized carbons (Fsp3) is 0.562. The Hall–Kier alpha value is -1.59. The molecule has 0 radical (unpaired) electrons. The molecule has 1 unspecified atom stereocenters. The van der Waals surface area contributed by atoms with E-state index in [4.69, 9.17) is 4.74 Å². The van der Waals surface area contributed by atoms with Crippen LogP contribution in [0.25, 0.3) is 0 Å². The molecule has 1 fully saturated rings. The maximum Gasteiger partial charge on any atom is 0.262 e. The first kappa shape index (κ1) is 14.4. The minimum absolute atomic E-state index is 0.0866. The minimum atomic E-state index is -0.0866. The molecule has 21 heavy (non-hydrogen) atoms. The molecule has 114 valence electrons. The molecule has 1 aromatic carbocycles. The molecule has 1 amide bonds. The largest absolute Gasteiger partial charge is 0.482 e. The van der Waals surface area contributed by atoms with Crippen LogP contribution in [0.3, 0.4) is 0 Å². The Kier molecular flexibility index (Phi) is 4.41. The van der Waals surface area contributed by atoms with Crippen LogP contribution in [0.5, 0.6) is 5.75 Å². The first-order valence-electron chi connectivity index (χ1n) is 7.69. The van der Waals surface area contributed by atoms with Crippen molar-refractivity contribution in [2.24, 2.45) is 0 Å². The molecule has 1 atom stereocenters. The van der Waals surface area contributed by atoms with Gasteiger partial charge in [0.25, 0.3) is 5.91 Å². The average Bonchev–Trinajstić information content (AvgIpc) is 2.49. The normalized spacial score (nSPS) is 22.3. The second-order valence-corrected chi connectivity index (χ2v) is 5.93. The topological polar surface area (TPSA) is 53.6 Å². The number of nitrogens with zero attached hydrogens (tertiary/aromatic N) is 1. The molecule has 0 aliphatic carbocycles. The lowest BCUT2D eigenvalue weighted by molar-refractivity contribution is -0.118. The highest BCUT2D eigenvalue weighted by molar-refractivity contribution is 5.95. The van der Waals surface area contributed by atoms with E-state index in [-0.39, 0.29) is 12.5 Å². The number of carbonyl (C=O) groups excluding carboxylic acids is 1. The molecule has 1 saturated heterocycles. The number of piperidine rings is 1. The Labute approximate surface area is 125 Å². The molecule has 2 aliphatic rings. The highest BCUT2D eigenvalue weighted by atomic mass is 16.5. The number of anilines is 1. The second-order valence-electron chi connectivity index (χ2n) is 5.93. The minimum Gasteiger partial charge on any atom is -0.482 e. The van der Waals surface area contributed by atoms with Crippen LogP contribution in [-0.4, -0.2) is 43.6 Å². The lowest BCUT2D eigenvalue weighted by atomic mass is 10.0. The van der Waals surface area contributed by atoms with E-state index < -0.39 is 0 Å². The van der Waals surface area contributed by atoms with Gasteiger partial charge >= 0.3 is 0 Å². The van der Waals surface area contributed by atoms with Gasteiger partial charge in [0.15, 0.2) is 6.61 Å². The molecule has 5 nitrogen and oxygen atoms in total. The van der Waals surface area contributed by atoms with E-state index in [1.165, 1.54) is 25.8 Å². The molecule has 2 heterocycles. The predicted octanol–water partition coefficient (Wildman–Crippen LogP) is 1.59. The Balaban J connectivity index is 1.53. The van der Waals surface area contributed by atoms with Crippen molar-refractivity contribution in [2.45, 2.75) is 31.8 Å². The number of carbonyl (C=O) groups is 1. The number of likely N-dealkylation sites (N-methyl/N-ethyl adjacent to an activating group) is 1. The molecule has 2 aliphatic heterocycles. The van der Waals surface area contributed by atoms with Gasteiger partial charge in [0.1, 0.15) is 5.75 Å². The van der Waals surface area contributed by atoms with Crippen LogP contribution in [0.1, 0.15) is 24.8 Å². The third-order valence-corrected chi connectivity index (χ3v) is 4.31. The van der Waals surface area contributed by atoms with Gasteiger partial charge in [0, 0.05) is 19.1 Å². The van der Waals surface area contributed by atoms with Gasteiger partial charge in [-0.15, -0.1) is 0 Å². The number of nitrogens with one attached hydrogen (secondary N) is 2. The monoisotopic (exact) mass is 289 g/mol. The number of likely N-dealkylation sites (tertiary alicyclic amines) is 1. The van der Waals surface area contributed by atoms with E-state index in [1.807, 2.05) is 18.2 Å². The molecule has 0 bridgehead atoms. The van der Waals surface area contributed by atoms with Crippen LogP contribution >= 0.6 is 0 Å². The zero-order chi connectivity index (χ0) is 14.7. The van der Waals surface area contributed by atoms with Crippen molar-refractivity contribution in [1.29, 1.82) is 0 Å². The van der Waals surface area contributed by atoms with Gasteiger partial charge in [-0.05, 0) is 44.1 Å². The van der Waals surface area contributed by atoms with Crippen LogP contribution in [0.4, 0.5) is 5.69 Å². The summed E-state index contributed by atoms with van der Waals surface area (Å²) in [6, 6.07) is 6.61. The second kappa shape index (κ2) is 6.45. The molecular formula is C16H23N3O2. The van der Waals surface area contributed by atoms with Crippen molar-refractivity contribution in [3.05, 3.63) is 23.8 Å². The van der Waals surface area contributed by atoms with Crippen LogP contribution in [0.15, 0.2) is 18.2 Å². The Bertz CT molecular complexity index is 518. The van der Waals surface area contributed by atoms with Crippen molar-refractivity contribution in [1.82, 2.24) is 10.2 Å². The van der Waals surface area contributed by atoms with Gasteiger partial charge < -0.3 is 20.3 Å². The molecule has 0 aromatic heterocycles. The van der Waals surface area contributed by atoms with Gasteiger partial charge in [-0.3, -0.25) is 4.79 Å². The number of fused-ring (bicyclic) bond motifs is 1. The molecule has 0 saturated carbocycles. The van der Waals surface area contributed by atoms with Crippen LogP contribution < -0.4 is 15.4 Å². The summed E-state index contributed by atoms with van der Waals surface area (Å²) in [5.74, 6) is 0.668. The maximum absolute atomic E-state index is 11.3. The molecule has 5 heteroatoms. The SMILES string of the molecule is CN1CCCCC1CNCc1ccc2c(c1)NC(=O)CO2. The lowest BCUT2D eigenvalue weighted by Gasteiger charge is -2.32. The van der Waals surface area contributed by atoms with E-state index in [9.17, 15) is 4.79 Å². The summed E-state index contributed by atoms with van der Waals surface area (Å²) in [7, 11) is 2.21. The van der Waals surface area contributed by atoms with Gasteiger partial charge in [-0.1, -0.05) is 12.5 Å². The average molecular weight is 289 g/mol. The summed E-state index contributed by atoms with van der Waals surface area (Å²) in [5.41, 5.74) is 1.94. The van der Waals surface area contributed by atoms with Gasteiger partial charge in [0.2, 0.25) is 0 Å². The van der Waals surface area contributed by atoms with Crippen molar-refractivity contribution >= 4 is 11.6 Å². The van der Waals surface area contributed by atoms with E-state index in [0.717, 1.165) is 30.1 Å².